The second-order valence-electron chi connectivity index (χ2n) is 6.55. The van der Waals surface area contributed by atoms with Crippen molar-refractivity contribution in [3.63, 3.8) is 0 Å². The van der Waals surface area contributed by atoms with E-state index in [2.05, 4.69) is 5.32 Å². The molecule has 0 unspecified atom stereocenters. The van der Waals surface area contributed by atoms with E-state index in [0.717, 1.165) is 12.8 Å². The molecule has 1 aliphatic heterocycles. The van der Waals surface area contributed by atoms with Crippen LogP contribution >= 0.6 is 0 Å². The maximum atomic E-state index is 12.7. The molecule has 1 aromatic carbocycles. The van der Waals surface area contributed by atoms with Crippen molar-refractivity contribution >= 4 is 23.3 Å². The lowest BCUT2D eigenvalue weighted by atomic mass is 9.79. The maximum absolute atomic E-state index is 12.7. The summed E-state index contributed by atoms with van der Waals surface area (Å²) >= 11 is 0. The summed E-state index contributed by atoms with van der Waals surface area (Å²) in [6.07, 6.45) is 1.56. The molecule has 1 saturated heterocycles. The van der Waals surface area contributed by atoms with Crippen LogP contribution in [-0.4, -0.2) is 30.0 Å². The van der Waals surface area contributed by atoms with Crippen molar-refractivity contribution in [3.8, 4) is 5.75 Å². The van der Waals surface area contributed by atoms with Gasteiger partial charge in [0.05, 0.1) is 35.6 Å². The Hall–Kier alpha value is -2.64. The zero-order valence-electron chi connectivity index (χ0n) is 12.9. The van der Waals surface area contributed by atoms with Crippen molar-refractivity contribution in [3.05, 3.63) is 28.3 Å². The lowest BCUT2D eigenvalue weighted by molar-refractivity contribution is -0.384. The Bertz CT molecular complexity index is 746. The third kappa shape index (κ3) is 2.05. The topological polar surface area (TPSA) is 108 Å². The van der Waals surface area contributed by atoms with Crippen molar-refractivity contribution < 1.29 is 24.0 Å². The van der Waals surface area contributed by atoms with E-state index in [1.54, 1.807) is 0 Å². The molecule has 3 aliphatic rings. The van der Waals surface area contributed by atoms with Gasteiger partial charge in [0.1, 0.15) is 11.9 Å². The van der Waals surface area contributed by atoms with Gasteiger partial charge in [0, 0.05) is 12.0 Å². The summed E-state index contributed by atoms with van der Waals surface area (Å²) in [6, 6.07) is 4.01. The van der Waals surface area contributed by atoms with Gasteiger partial charge in [-0.15, -0.1) is 0 Å². The fraction of sp³-hybridized carbons (Fsp3) is 0.500. The largest absolute Gasteiger partial charge is 0.494 e. The fourth-order valence-electron chi connectivity index (χ4n) is 4.48. The molecule has 0 spiro atoms. The van der Waals surface area contributed by atoms with Crippen LogP contribution in [0.4, 0.5) is 11.4 Å². The summed E-state index contributed by atoms with van der Waals surface area (Å²) in [5.74, 6) is -0.776. The zero-order valence-corrected chi connectivity index (χ0v) is 12.9. The number of rotatable bonds is 4. The number of benzene rings is 1. The highest BCUT2D eigenvalue weighted by Gasteiger charge is 2.63. The Morgan fingerprint density at radius 3 is 2.92 bits per heavy atom. The number of anilines is 1. The van der Waals surface area contributed by atoms with Gasteiger partial charge in [-0.05, 0) is 24.8 Å². The SMILES string of the molecule is COc1cc([N+](=O)[O-])ccc1NC(=O)[C@H]1[C@@H]2C[C@H]3[C@@H]1C(=O)O[C@@H]3C2. The Morgan fingerprint density at radius 1 is 1.42 bits per heavy atom. The summed E-state index contributed by atoms with van der Waals surface area (Å²) < 4.78 is 10.5. The smallest absolute Gasteiger partial charge is 0.310 e. The highest BCUT2D eigenvalue weighted by molar-refractivity contribution is 5.98. The molecular weight excluding hydrogens is 316 g/mol. The van der Waals surface area contributed by atoms with Gasteiger partial charge in [0.2, 0.25) is 5.91 Å². The summed E-state index contributed by atoms with van der Waals surface area (Å²) in [5, 5.41) is 13.6. The molecule has 5 atom stereocenters. The van der Waals surface area contributed by atoms with Crippen LogP contribution in [0.25, 0.3) is 0 Å². The molecule has 3 fully saturated rings. The number of methoxy groups -OCH3 is 1. The van der Waals surface area contributed by atoms with Crippen LogP contribution in [0.1, 0.15) is 12.8 Å². The molecular formula is C16H16N2O6. The molecule has 1 N–H and O–H groups in total. The predicted molar refractivity (Wildman–Crippen MR) is 81.4 cm³/mol. The highest BCUT2D eigenvalue weighted by atomic mass is 16.6. The number of ether oxygens (including phenoxy) is 2. The average Bonchev–Trinajstić information content (AvgIpc) is 3.16. The number of hydrogen-bond donors (Lipinski definition) is 1. The lowest BCUT2D eigenvalue weighted by Gasteiger charge is -2.23. The van der Waals surface area contributed by atoms with E-state index in [1.807, 2.05) is 0 Å². The standard InChI is InChI=1S/C16H16N2O6/c1-23-12-6-8(18(21)22)2-3-10(12)17-15(19)13-7-4-9-11(5-7)24-16(20)14(9)13/h2-3,6-7,9,11,13-14H,4-5H2,1H3,(H,17,19)/t7-,9-,11-,13+,14+/m1/s1. The van der Waals surface area contributed by atoms with Crippen LogP contribution in [0.15, 0.2) is 18.2 Å². The lowest BCUT2D eigenvalue weighted by Crippen LogP contribution is -2.35. The first-order chi connectivity index (χ1) is 11.5. The number of nitro benzene ring substituents is 1. The first kappa shape index (κ1) is 14.9. The quantitative estimate of drug-likeness (QED) is 0.511. The van der Waals surface area contributed by atoms with Gasteiger partial charge in [-0.1, -0.05) is 0 Å². The van der Waals surface area contributed by atoms with Crippen molar-refractivity contribution in [2.45, 2.75) is 18.9 Å². The number of esters is 1. The second-order valence-corrected chi connectivity index (χ2v) is 6.55. The van der Waals surface area contributed by atoms with E-state index in [0.29, 0.717) is 5.69 Å². The number of carbonyl (C=O) groups is 2. The van der Waals surface area contributed by atoms with Gasteiger partial charge in [-0.3, -0.25) is 19.7 Å². The van der Waals surface area contributed by atoms with E-state index >= 15 is 0 Å². The molecule has 2 bridgehead atoms. The second kappa shape index (κ2) is 5.19. The molecule has 126 valence electrons. The zero-order chi connectivity index (χ0) is 17.0. The van der Waals surface area contributed by atoms with Crippen LogP contribution in [-0.2, 0) is 14.3 Å². The van der Waals surface area contributed by atoms with Crippen LogP contribution in [0, 0.1) is 33.8 Å². The van der Waals surface area contributed by atoms with Crippen molar-refractivity contribution in [2.24, 2.45) is 23.7 Å². The van der Waals surface area contributed by atoms with Crippen LogP contribution in [0.2, 0.25) is 0 Å². The average molecular weight is 332 g/mol. The van der Waals surface area contributed by atoms with E-state index in [9.17, 15) is 19.7 Å². The van der Waals surface area contributed by atoms with Crippen LogP contribution < -0.4 is 10.1 Å². The van der Waals surface area contributed by atoms with Crippen LogP contribution in [0.5, 0.6) is 5.75 Å². The Morgan fingerprint density at radius 2 is 2.21 bits per heavy atom. The molecule has 2 saturated carbocycles. The number of hydrogen-bond acceptors (Lipinski definition) is 6. The van der Waals surface area contributed by atoms with Gasteiger partial charge in [-0.2, -0.15) is 0 Å². The van der Waals surface area contributed by atoms with Crippen molar-refractivity contribution in [1.29, 1.82) is 0 Å². The fourth-order valence-corrected chi connectivity index (χ4v) is 4.48. The normalized spacial score (nSPS) is 32.5. The number of nitro groups is 1. The maximum Gasteiger partial charge on any atom is 0.310 e. The molecule has 2 aliphatic carbocycles. The predicted octanol–water partition coefficient (Wildman–Crippen LogP) is 1.74. The Labute approximate surface area is 137 Å². The number of carbonyl (C=O) groups excluding carboxylic acids is 2. The van der Waals surface area contributed by atoms with Crippen molar-refractivity contribution in [1.82, 2.24) is 0 Å². The summed E-state index contributed by atoms with van der Waals surface area (Å²) in [7, 11) is 1.38. The van der Waals surface area contributed by atoms with Crippen LogP contribution in [0.3, 0.4) is 0 Å². The van der Waals surface area contributed by atoms with E-state index in [4.69, 9.17) is 9.47 Å². The minimum absolute atomic E-state index is 0.0227. The summed E-state index contributed by atoms with van der Waals surface area (Å²) in [6.45, 7) is 0. The number of non-ortho nitro benzene ring substituents is 1. The molecule has 4 rings (SSSR count). The first-order valence-corrected chi connectivity index (χ1v) is 7.83. The Balaban J connectivity index is 1.57. The molecule has 8 heteroatoms. The number of nitrogens with zero attached hydrogens (tertiary/aromatic N) is 1. The van der Waals surface area contributed by atoms with Gasteiger partial charge in [-0.25, -0.2) is 0 Å². The summed E-state index contributed by atoms with van der Waals surface area (Å²) in [5.41, 5.74) is 0.241. The van der Waals surface area contributed by atoms with E-state index in [-0.39, 0.29) is 47.2 Å². The Kier molecular flexibility index (Phi) is 3.22. The van der Waals surface area contributed by atoms with E-state index in [1.165, 1.54) is 25.3 Å². The molecule has 0 radical (unpaired) electrons. The van der Waals surface area contributed by atoms with Gasteiger partial charge in [0.15, 0.2) is 0 Å². The molecule has 24 heavy (non-hydrogen) atoms. The van der Waals surface area contributed by atoms with Gasteiger partial charge >= 0.3 is 5.97 Å². The van der Waals surface area contributed by atoms with Gasteiger partial charge in [0.25, 0.3) is 5.69 Å². The molecule has 1 amide bonds. The van der Waals surface area contributed by atoms with Crippen molar-refractivity contribution in [2.75, 3.05) is 12.4 Å². The third-order valence-electron chi connectivity index (χ3n) is 5.44. The number of nitrogens with one attached hydrogen (secondary N) is 1. The minimum Gasteiger partial charge on any atom is -0.494 e. The minimum atomic E-state index is -0.529. The molecule has 1 heterocycles. The van der Waals surface area contributed by atoms with E-state index < -0.39 is 10.8 Å². The highest BCUT2D eigenvalue weighted by Crippen LogP contribution is 2.57. The molecule has 8 nitrogen and oxygen atoms in total. The summed E-state index contributed by atoms with van der Waals surface area (Å²) in [4.78, 5) is 35.0. The third-order valence-corrected chi connectivity index (χ3v) is 5.44. The molecule has 1 aromatic rings. The first-order valence-electron chi connectivity index (χ1n) is 7.83. The molecule has 0 aromatic heterocycles. The number of fused-ring (bicyclic) bond motifs is 1. The number of amides is 1. The van der Waals surface area contributed by atoms with Gasteiger partial charge < -0.3 is 14.8 Å². The monoisotopic (exact) mass is 332 g/mol.